The number of benzene rings is 1. The lowest BCUT2D eigenvalue weighted by Crippen LogP contribution is -2.59. The number of fused-ring (bicyclic) bond motifs is 2. The van der Waals surface area contributed by atoms with E-state index in [0.29, 0.717) is 19.0 Å². The quantitative estimate of drug-likeness (QED) is 0.789. The minimum Gasteiger partial charge on any atom is -0.492 e. The van der Waals surface area contributed by atoms with Crippen molar-refractivity contribution in [3.63, 3.8) is 0 Å². The lowest BCUT2D eigenvalue weighted by molar-refractivity contribution is 0.0694. The lowest BCUT2D eigenvalue weighted by Gasteiger charge is -2.46. The van der Waals surface area contributed by atoms with Gasteiger partial charge in [0, 0.05) is 31.2 Å². The average Bonchev–Trinajstić information content (AvgIpc) is 3.33. The molecule has 2 aliphatic carbocycles. The SMILES string of the molecule is COc1c(N2C[C@@H]3[C@@H](C)C[C@]3(N)C2)c(F)cc2c(=O)c(C(=O)O)cn([C@@H]3C[C@@H]3F)c12. The summed E-state index contributed by atoms with van der Waals surface area (Å²) in [5.41, 5.74) is 5.15. The van der Waals surface area contributed by atoms with E-state index in [4.69, 9.17) is 10.5 Å². The van der Waals surface area contributed by atoms with Gasteiger partial charge in [0.05, 0.1) is 24.1 Å². The van der Waals surface area contributed by atoms with E-state index in [2.05, 4.69) is 6.92 Å². The molecule has 3 N–H and O–H groups in total. The minimum absolute atomic E-state index is 0.107. The zero-order valence-corrected chi connectivity index (χ0v) is 16.7. The first kappa shape index (κ1) is 19.3. The van der Waals surface area contributed by atoms with Gasteiger partial charge in [0.1, 0.15) is 17.4 Å². The number of halogens is 2. The summed E-state index contributed by atoms with van der Waals surface area (Å²) in [7, 11) is 1.36. The Morgan fingerprint density at radius 1 is 1.43 bits per heavy atom. The second kappa shape index (κ2) is 6.16. The fraction of sp³-hybridized carbons (Fsp3) is 0.524. The highest BCUT2D eigenvalue weighted by atomic mass is 19.1. The van der Waals surface area contributed by atoms with E-state index in [1.807, 2.05) is 4.90 Å². The highest BCUT2D eigenvalue weighted by Crippen LogP contribution is 2.51. The molecule has 9 heteroatoms. The third kappa shape index (κ3) is 2.50. The van der Waals surface area contributed by atoms with E-state index in [9.17, 15) is 19.1 Å². The summed E-state index contributed by atoms with van der Waals surface area (Å²) >= 11 is 0. The molecule has 1 aromatic carbocycles. The number of nitrogens with two attached hydrogens (primary N) is 1. The second-order valence-corrected chi connectivity index (χ2v) is 8.94. The number of carboxylic acids is 1. The number of anilines is 1. The molecule has 3 aliphatic rings. The van der Waals surface area contributed by atoms with Crippen LogP contribution in [0.1, 0.15) is 36.2 Å². The van der Waals surface area contributed by atoms with Crippen LogP contribution in [0.15, 0.2) is 17.1 Å². The Balaban J connectivity index is 1.76. The van der Waals surface area contributed by atoms with Crippen LogP contribution in [-0.4, -0.2) is 47.6 Å². The zero-order chi connectivity index (χ0) is 21.5. The van der Waals surface area contributed by atoms with Gasteiger partial charge in [0.25, 0.3) is 0 Å². The fourth-order valence-corrected chi connectivity index (χ4v) is 5.46. The molecule has 1 aliphatic heterocycles. The van der Waals surface area contributed by atoms with Crippen molar-refractivity contribution in [2.45, 2.75) is 37.5 Å². The van der Waals surface area contributed by atoms with Crippen LogP contribution >= 0.6 is 0 Å². The molecular weight excluding hydrogens is 396 g/mol. The maximum atomic E-state index is 15.3. The predicted molar refractivity (Wildman–Crippen MR) is 107 cm³/mol. The molecule has 0 spiro atoms. The molecule has 1 saturated heterocycles. The third-order valence-electron chi connectivity index (χ3n) is 7.02. The highest BCUT2D eigenvalue weighted by molar-refractivity contribution is 5.97. The van der Waals surface area contributed by atoms with E-state index < -0.39 is 35.0 Å². The topological polar surface area (TPSA) is 97.8 Å². The average molecular weight is 419 g/mol. The maximum absolute atomic E-state index is 15.3. The van der Waals surface area contributed by atoms with Gasteiger partial charge in [-0.3, -0.25) is 4.79 Å². The largest absolute Gasteiger partial charge is 0.492 e. The second-order valence-electron chi connectivity index (χ2n) is 8.94. The summed E-state index contributed by atoms with van der Waals surface area (Å²) in [4.78, 5) is 26.1. The molecular formula is C21H23F2N3O4. The number of nitrogens with zero attached hydrogens (tertiary/aromatic N) is 2. The number of aromatic nitrogens is 1. The smallest absolute Gasteiger partial charge is 0.341 e. The molecule has 0 unspecified atom stereocenters. The van der Waals surface area contributed by atoms with Crippen LogP contribution < -0.4 is 20.8 Å². The third-order valence-corrected chi connectivity index (χ3v) is 7.02. The molecule has 3 fully saturated rings. The number of rotatable bonds is 4. The van der Waals surface area contributed by atoms with Crippen LogP contribution in [0.3, 0.4) is 0 Å². The number of hydrogen-bond donors (Lipinski definition) is 2. The Labute approximate surface area is 171 Å². The molecule has 2 saturated carbocycles. The molecule has 0 radical (unpaired) electrons. The van der Waals surface area contributed by atoms with Crippen LogP contribution in [0.5, 0.6) is 5.75 Å². The molecule has 30 heavy (non-hydrogen) atoms. The minimum atomic E-state index is -1.44. The van der Waals surface area contributed by atoms with Gasteiger partial charge in [-0.25, -0.2) is 13.6 Å². The number of carboxylic acid groups (broad SMARTS) is 1. The number of alkyl halides is 1. The molecule has 160 valence electrons. The first-order valence-electron chi connectivity index (χ1n) is 10.0. The summed E-state index contributed by atoms with van der Waals surface area (Å²) in [5.74, 6) is -1.35. The molecule has 5 atom stereocenters. The predicted octanol–water partition coefficient (Wildman–Crippen LogP) is 2.30. The molecule has 1 aromatic heterocycles. The van der Waals surface area contributed by atoms with Gasteiger partial charge in [0.2, 0.25) is 5.43 Å². The van der Waals surface area contributed by atoms with Gasteiger partial charge in [-0.1, -0.05) is 6.92 Å². The van der Waals surface area contributed by atoms with E-state index in [1.54, 1.807) is 0 Å². The lowest BCUT2D eigenvalue weighted by atomic mass is 9.62. The Hall–Kier alpha value is -2.68. The molecule has 2 aromatic rings. The van der Waals surface area contributed by atoms with Crippen molar-refractivity contribution in [1.82, 2.24) is 4.57 Å². The molecule has 5 rings (SSSR count). The van der Waals surface area contributed by atoms with Crippen LogP contribution in [0.4, 0.5) is 14.5 Å². The van der Waals surface area contributed by atoms with Gasteiger partial charge in [0.15, 0.2) is 11.6 Å². The molecule has 2 heterocycles. The van der Waals surface area contributed by atoms with E-state index >= 15 is 4.39 Å². The molecule has 0 bridgehead atoms. The van der Waals surface area contributed by atoms with Crippen molar-refractivity contribution < 1.29 is 23.4 Å². The highest BCUT2D eigenvalue weighted by Gasteiger charge is 2.55. The Morgan fingerprint density at radius 3 is 2.67 bits per heavy atom. The number of pyridine rings is 1. The Kier molecular flexibility index (Phi) is 3.96. The van der Waals surface area contributed by atoms with Crippen molar-refractivity contribution in [2.75, 3.05) is 25.1 Å². The van der Waals surface area contributed by atoms with Gasteiger partial charge in [-0.05, 0) is 24.3 Å². The Bertz CT molecular complexity index is 1150. The number of carbonyl (C=O) groups is 1. The number of hydrogen-bond acceptors (Lipinski definition) is 5. The molecule has 0 amide bonds. The van der Waals surface area contributed by atoms with E-state index in [0.717, 1.165) is 18.7 Å². The number of ether oxygens (including phenoxy) is 1. The van der Waals surface area contributed by atoms with Crippen molar-refractivity contribution in [3.8, 4) is 5.75 Å². The first-order chi connectivity index (χ1) is 14.2. The molecule has 7 nitrogen and oxygen atoms in total. The fourth-order valence-electron chi connectivity index (χ4n) is 5.46. The summed E-state index contributed by atoms with van der Waals surface area (Å²) in [6.07, 6.45) is 1.03. The van der Waals surface area contributed by atoms with Gasteiger partial charge < -0.3 is 25.0 Å². The van der Waals surface area contributed by atoms with E-state index in [-0.39, 0.29) is 40.2 Å². The monoisotopic (exact) mass is 419 g/mol. The van der Waals surface area contributed by atoms with E-state index in [1.165, 1.54) is 11.7 Å². The normalized spacial score (nSPS) is 32.1. The van der Waals surface area contributed by atoms with Crippen LogP contribution in [-0.2, 0) is 0 Å². The van der Waals surface area contributed by atoms with Gasteiger partial charge in [-0.15, -0.1) is 0 Å². The van der Waals surface area contributed by atoms with Crippen LogP contribution in [0.25, 0.3) is 10.9 Å². The van der Waals surface area contributed by atoms with Crippen LogP contribution in [0, 0.1) is 17.7 Å². The number of aromatic carboxylic acids is 1. The summed E-state index contributed by atoms with van der Waals surface area (Å²) < 4.78 is 36.3. The van der Waals surface area contributed by atoms with Crippen molar-refractivity contribution >= 4 is 22.6 Å². The van der Waals surface area contributed by atoms with Crippen molar-refractivity contribution in [1.29, 1.82) is 0 Å². The van der Waals surface area contributed by atoms with Gasteiger partial charge >= 0.3 is 5.97 Å². The first-order valence-corrected chi connectivity index (χ1v) is 10.0. The number of methoxy groups -OCH3 is 1. The van der Waals surface area contributed by atoms with Gasteiger partial charge in [-0.2, -0.15) is 0 Å². The van der Waals surface area contributed by atoms with Crippen molar-refractivity contribution in [3.05, 3.63) is 33.9 Å². The van der Waals surface area contributed by atoms with Crippen molar-refractivity contribution in [2.24, 2.45) is 17.6 Å². The standard InChI is InChI=1S/C21H23F2N3O4/c1-9-5-21(24)8-25(7-12(9)21)17-14(23)3-10-16(19(17)30-2)26(15-4-13(15)22)6-11(18(10)27)20(28)29/h3,6,9,12-13,15H,4-5,7-8,24H2,1-2H3,(H,28,29)/t9-,12+,13-,15+,21-/m0/s1. The summed E-state index contributed by atoms with van der Waals surface area (Å²) in [6, 6.07) is 0.426. The van der Waals surface area contributed by atoms with Crippen LogP contribution in [0.2, 0.25) is 0 Å². The maximum Gasteiger partial charge on any atom is 0.341 e. The Morgan fingerprint density at radius 2 is 2.13 bits per heavy atom. The summed E-state index contributed by atoms with van der Waals surface area (Å²) in [6.45, 7) is 3.13. The summed E-state index contributed by atoms with van der Waals surface area (Å²) in [5, 5.41) is 9.27. The zero-order valence-electron chi connectivity index (χ0n) is 16.7.